The fourth-order valence-corrected chi connectivity index (χ4v) is 3.57. The van der Waals surface area contributed by atoms with Crippen LogP contribution in [0.4, 0.5) is 10.2 Å². The molecule has 1 saturated heterocycles. The number of pyridine rings is 2. The van der Waals surface area contributed by atoms with E-state index in [4.69, 9.17) is 0 Å². The maximum atomic E-state index is 14.7. The van der Waals surface area contributed by atoms with Gasteiger partial charge in [-0.3, -0.25) is 5.10 Å². The molecule has 0 spiro atoms. The number of nitrogens with zero attached hydrogens (tertiary/aromatic N) is 4. The van der Waals surface area contributed by atoms with Crippen molar-refractivity contribution in [1.82, 2.24) is 25.5 Å². The number of rotatable bonds is 4. The summed E-state index contributed by atoms with van der Waals surface area (Å²) >= 11 is 0. The third kappa shape index (κ3) is 3.22. The Hall–Kier alpha value is -2.58. The van der Waals surface area contributed by atoms with Crippen molar-refractivity contribution < 1.29 is 12.4 Å². The Morgan fingerprint density at radius 2 is 2.18 bits per heavy atom. The van der Waals surface area contributed by atoms with Crippen LogP contribution in [0.25, 0.3) is 22.4 Å². The van der Waals surface area contributed by atoms with Crippen LogP contribution in [-0.2, 0) is 0 Å². The number of anilines is 1. The second-order valence-corrected chi connectivity index (χ2v) is 7.81. The van der Waals surface area contributed by atoms with Gasteiger partial charge >= 0.3 is 0 Å². The van der Waals surface area contributed by atoms with Crippen molar-refractivity contribution in [2.24, 2.45) is 5.92 Å². The molecule has 4 rings (SSSR count). The lowest BCUT2D eigenvalue weighted by molar-refractivity contribution is -0.0232. The summed E-state index contributed by atoms with van der Waals surface area (Å²) in [6, 6.07) is 6.64. The van der Waals surface area contributed by atoms with Crippen molar-refractivity contribution in [2.75, 3.05) is 24.5 Å². The smallest absolute Gasteiger partial charge is 0.181 e. The molecule has 7 nitrogen and oxygen atoms in total. The summed E-state index contributed by atoms with van der Waals surface area (Å²) in [5.74, 6) is -0.0244. The standard InChI is InChI=1S/C20H25FN6O.2H2/c1-12(2)20(3,28)16-11-27(10-9-22-16)19-14(21)6-7-15(24-19)17-13-5-4-8-23-18(13)26-25-17;;/h4-8,12,16,22,28H,9-11H2,1-3H3,(H,23,25,26);2*1H. The van der Waals surface area contributed by atoms with E-state index in [9.17, 15) is 9.50 Å². The molecule has 0 saturated carbocycles. The van der Waals surface area contributed by atoms with Crippen LogP contribution in [0.2, 0.25) is 0 Å². The Kier molecular flexibility index (Phi) is 4.76. The SMILES string of the molecule is CC(C)C(C)(O)C1CN(c2nc(-c3[nH]nc4ncccc34)ccc2F)CCN1.[HH].[HH]. The Balaban J connectivity index is 0.00000160. The minimum Gasteiger partial charge on any atom is -0.388 e. The lowest BCUT2D eigenvalue weighted by atomic mass is 9.84. The molecule has 8 heteroatoms. The van der Waals surface area contributed by atoms with Crippen LogP contribution in [-0.4, -0.2) is 56.5 Å². The van der Waals surface area contributed by atoms with Crippen LogP contribution in [0.15, 0.2) is 30.5 Å². The van der Waals surface area contributed by atoms with Gasteiger partial charge in [0.15, 0.2) is 17.3 Å². The number of hydrogen-bond donors (Lipinski definition) is 3. The van der Waals surface area contributed by atoms with E-state index < -0.39 is 5.60 Å². The number of aromatic amines is 1. The number of halogens is 1. The predicted molar refractivity (Wildman–Crippen MR) is 111 cm³/mol. The van der Waals surface area contributed by atoms with Crippen LogP contribution in [0.5, 0.6) is 0 Å². The Bertz CT molecular complexity index is 996. The van der Waals surface area contributed by atoms with Crippen LogP contribution < -0.4 is 10.2 Å². The summed E-state index contributed by atoms with van der Waals surface area (Å²) in [4.78, 5) is 10.7. The Morgan fingerprint density at radius 1 is 1.36 bits per heavy atom. The largest absolute Gasteiger partial charge is 0.388 e. The van der Waals surface area contributed by atoms with Gasteiger partial charge in [0.25, 0.3) is 0 Å². The van der Waals surface area contributed by atoms with E-state index in [0.717, 1.165) is 5.39 Å². The number of aliphatic hydroxyl groups is 1. The van der Waals surface area contributed by atoms with E-state index in [2.05, 4.69) is 25.5 Å². The highest BCUT2D eigenvalue weighted by atomic mass is 19.1. The molecular formula is C20H29FN6O. The van der Waals surface area contributed by atoms with Gasteiger partial charge in [-0.2, -0.15) is 5.10 Å². The monoisotopic (exact) mass is 388 g/mol. The molecule has 0 radical (unpaired) electrons. The molecule has 0 aliphatic carbocycles. The molecule has 3 N–H and O–H groups in total. The van der Waals surface area contributed by atoms with Crippen LogP contribution in [0.3, 0.4) is 0 Å². The molecule has 0 bridgehead atoms. The Labute approximate surface area is 166 Å². The van der Waals surface area contributed by atoms with Gasteiger partial charge in [0, 0.05) is 34.1 Å². The minimum atomic E-state index is -0.905. The first-order chi connectivity index (χ1) is 13.4. The first-order valence-electron chi connectivity index (χ1n) is 9.54. The zero-order valence-corrected chi connectivity index (χ0v) is 16.3. The number of hydrogen-bond acceptors (Lipinski definition) is 6. The quantitative estimate of drug-likeness (QED) is 0.637. The molecule has 0 aromatic carbocycles. The van der Waals surface area contributed by atoms with E-state index in [-0.39, 0.29) is 26.4 Å². The second-order valence-electron chi connectivity index (χ2n) is 7.81. The molecule has 3 aromatic heterocycles. The van der Waals surface area contributed by atoms with Crippen molar-refractivity contribution in [3.63, 3.8) is 0 Å². The number of H-pyrrole nitrogens is 1. The van der Waals surface area contributed by atoms with Crippen molar-refractivity contribution in [3.05, 3.63) is 36.3 Å². The molecule has 2 unspecified atom stereocenters. The number of piperazine rings is 1. The van der Waals surface area contributed by atoms with Gasteiger partial charge in [-0.05, 0) is 37.1 Å². The van der Waals surface area contributed by atoms with Gasteiger partial charge < -0.3 is 15.3 Å². The van der Waals surface area contributed by atoms with E-state index >= 15 is 0 Å². The summed E-state index contributed by atoms with van der Waals surface area (Å²) in [7, 11) is 0. The highest BCUT2D eigenvalue weighted by Gasteiger charge is 2.38. The van der Waals surface area contributed by atoms with E-state index in [1.165, 1.54) is 6.07 Å². The molecule has 1 aliphatic rings. The second kappa shape index (κ2) is 7.10. The molecule has 1 aliphatic heterocycles. The molecule has 152 valence electrons. The van der Waals surface area contributed by atoms with Crippen LogP contribution in [0.1, 0.15) is 23.6 Å². The molecular weight excluding hydrogens is 359 g/mol. The van der Waals surface area contributed by atoms with E-state index in [1.807, 2.05) is 37.8 Å². The molecule has 4 heterocycles. The summed E-state index contributed by atoms with van der Waals surface area (Å²) < 4.78 is 14.7. The van der Waals surface area contributed by atoms with Crippen LogP contribution in [0, 0.1) is 11.7 Å². The number of fused-ring (bicyclic) bond motifs is 1. The average Bonchev–Trinajstić information content (AvgIpc) is 3.12. The van der Waals surface area contributed by atoms with Crippen molar-refractivity contribution in [1.29, 1.82) is 0 Å². The van der Waals surface area contributed by atoms with Crippen molar-refractivity contribution in [3.8, 4) is 11.4 Å². The molecule has 28 heavy (non-hydrogen) atoms. The fourth-order valence-electron chi connectivity index (χ4n) is 3.57. The lowest BCUT2D eigenvalue weighted by Crippen LogP contribution is -2.62. The highest BCUT2D eigenvalue weighted by Crippen LogP contribution is 2.29. The zero-order chi connectivity index (χ0) is 19.9. The highest BCUT2D eigenvalue weighted by molar-refractivity contribution is 5.89. The van der Waals surface area contributed by atoms with Gasteiger partial charge in [-0.15, -0.1) is 0 Å². The Morgan fingerprint density at radius 3 is 2.96 bits per heavy atom. The minimum absolute atomic E-state index is 0. The third-order valence-electron chi connectivity index (χ3n) is 5.76. The van der Waals surface area contributed by atoms with Crippen molar-refractivity contribution >= 4 is 16.9 Å². The van der Waals surface area contributed by atoms with Crippen LogP contribution >= 0.6 is 0 Å². The number of aromatic nitrogens is 4. The zero-order valence-electron chi connectivity index (χ0n) is 16.3. The molecule has 2 atom stereocenters. The van der Waals surface area contributed by atoms with Gasteiger partial charge in [0.2, 0.25) is 0 Å². The van der Waals surface area contributed by atoms with Gasteiger partial charge in [-0.25, -0.2) is 14.4 Å². The molecule has 1 fully saturated rings. The van der Waals surface area contributed by atoms with Crippen molar-refractivity contribution in [2.45, 2.75) is 32.4 Å². The first-order valence-corrected chi connectivity index (χ1v) is 9.54. The van der Waals surface area contributed by atoms with Gasteiger partial charge in [0.1, 0.15) is 0 Å². The first kappa shape index (κ1) is 18.8. The number of nitrogens with one attached hydrogen (secondary N) is 2. The summed E-state index contributed by atoms with van der Waals surface area (Å²) in [5, 5.41) is 22.2. The predicted octanol–water partition coefficient (Wildman–Crippen LogP) is 2.84. The van der Waals surface area contributed by atoms with Gasteiger partial charge in [0.05, 0.1) is 23.0 Å². The summed E-state index contributed by atoms with van der Waals surface area (Å²) in [6.07, 6.45) is 1.68. The maximum absolute atomic E-state index is 14.7. The fraction of sp³-hybridized carbons (Fsp3) is 0.450. The van der Waals surface area contributed by atoms with Gasteiger partial charge in [-0.1, -0.05) is 13.8 Å². The summed E-state index contributed by atoms with van der Waals surface area (Å²) in [5.41, 5.74) is 1.01. The van der Waals surface area contributed by atoms with E-state index in [1.54, 1.807) is 12.3 Å². The average molecular weight is 388 g/mol. The van der Waals surface area contributed by atoms with E-state index in [0.29, 0.717) is 36.7 Å². The third-order valence-corrected chi connectivity index (χ3v) is 5.76. The molecule has 3 aromatic rings. The maximum Gasteiger partial charge on any atom is 0.181 e. The molecule has 0 amide bonds. The normalized spacial score (nSPS) is 19.9. The summed E-state index contributed by atoms with van der Waals surface area (Å²) in [6.45, 7) is 7.53. The lowest BCUT2D eigenvalue weighted by Gasteiger charge is -2.43. The topological polar surface area (TPSA) is 90.0 Å².